The molecule has 3 atom stereocenters. The van der Waals surface area contributed by atoms with E-state index < -0.39 is 0 Å². The standard InChI is InChI=1S/C26H38N4O2/c1-28(2)15-7-8-20-11-13-21(14-12-20)25-23-18-29(26(32)27-22-9-3-4-10-22)16-5-6-17-30(23)24(25)19-31/h11-14,22-25,31H,3-6,9-10,15-19H2,1-2H3,(H,27,32)/t23-,24+,25+/m1/s1. The van der Waals surface area contributed by atoms with Crippen LogP contribution in [-0.4, -0.2) is 90.8 Å². The fourth-order valence-corrected chi connectivity index (χ4v) is 5.55. The Hall–Kier alpha value is -2.07. The summed E-state index contributed by atoms with van der Waals surface area (Å²) in [6, 6.07) is 9.31. The van der Waals surface area contributed by atoms with Gasteiger partial charge in [0.1, 0.15) is 0 Å². The zero-order chi connectivity index (χ0) is 22.5. The summed E-state index contributed by atoms with van der Waals surface area (Å²) in [5, 5.41) is 13.4. The van der Waals surface area contributed by atoms with Gasteiger partial charge in [-0.1, -0.05) is 36.8 Å². The molecule has 0 unspecified atom stereocenters. The van der Waals surface area contributed by atoms with Gasteiger partial charge in [-0.15, -0.1) is 0 Å². The minimum Gasteiger partial charge on any atom is -0.395 e. The highest BCUT2D eigenvalue weighted by Crippen LogP contribution is 2.42. The van der Waals surface area contributed by atoms with Crippen LogP contribution < -0.4 is 5.32 Å². The molecule has 6 heteroatoms. The molecule has 1 aromatic carbocycles. The van der Waals surface area contributed by atoms with Crippen LogP contribution in [0.25, 0.3) is 0 Å². The highest BCUT2D eigenvalue weighted by atomic mass is 16.3. The maximum atomic E-state index is 13.0. The summed E-state index contributed by atoms with van der Waals surface area (Å²) in [7, 11) is 4.03. The Balaban J connectivity index is 1.46. The SMILES string of the molecule is CN(C)CC#Cc1ccc([C@H]2[C@H]3CN(C(=O)NC4CCCC4)CCCCN3[C@H]2CO)cc1. The topological polar surface area (TPSA) is 59.0 Å². The summed E-state index contributed by atoms with van der Waals surface area (Å²) in [6.07, 6.45) is 6.73. The fraction of sp³-hybridized carbons (Fsp3) is 0.654. The molecule has 2 aliphatic heterocycles. The van der Waals surface area contributed by atoms with E-state index in [1.807, 2.05) is 19.0 Å². The summed E-state index contributed by atoms with van der Waals surface area (Å²) in [4.78, 5) is 19.5. The quantitative estimate of drug-likeness (QED) is 0.709. The maximum Gasteiger partial charge on any atom is 0.317 e. The number of nitrogens with one attached hydrogen (secondary N) is 1. The van der Waals surface area contributed by atoms with Crippen molar-refractivity contribution in [3.8, 4) is 11.8 Å². The van der Waals surface area contributed by atoms with Gasteiger partial charge in [0.15, 0.2) is 0 Å². The molecule has 174 valence electrons. The first-order valence-corrected chi connectivity index (χ1v) is 12.2. The van der Waals surface area contributed by atoms with Crippen LogP contribution in [0.4, 0.5) is 4.79 Å². The van der Waals surface area contributed by atoms with E-state index in [1.165, 1.54) is 18.4 Å². The van der Waals surface area contributed by atoms with Gasteiger partial charge in [0, 0.05) is 42.7 Å². The number of benzene rings is 1. The van der Waals surface area contributed by atoms with Gasteiger partial charge in [0.25, 0.3) is 0 Å². The third-order valence-electron chi connectivity index (χ3n) is 7.26. The highest BCUT2D eigenvalue weighted by molar-refractivity contribution is 5.74. The number of nitrogens with zero attached hydrogens (tertiary/aromatic N) is 3. The van der Waals surface area contributed by atoms with E-state index in [9.17, 15) is 9.90 Å². The summed E-state index contributed by atoms with van der Waals surface area (Å²) in [5.74, 6) is 6.64. The average Bonchev–Trinajstić information content (AvgIpc) is 3.26. The van der Waals surface area contributed by atoms with Gasteiger partial charge in [-0.3, -0.25) is 9.80 Å². The number of hydrogen-bond acceptors (Lipinski definition) is 4. The number of aliphatic hydroxyl groups excluding tert-OH is 1. The lowest BCUT2D eigenvalue weighted by Crippen LogP contribution is -2.68. The Labute approximate surface area is 192 Å². The molecule has 6 nitrogen and oxygen atoms in total. The molecule has 1 aromatic rings. The monoisotopic (exact) mass is 438 g/mol. The zero-order valence-corrected chi connectivity index (χ0v) is 19.6. The molecule has 2 amide bonds. The fourth-order valence-electron chi connectivity index (χ4n) is 5.55. The first-order valence-electron chi connectivity index (χ1n) is 12.2. The van der Waals surface area contributed by atoms with Gasteiger partial charge in [-0.05, 0) is 64.0 Å². The molecule has 2 saturated heterocycles. The molecule has 3 fully saturated rings. The summed E-state index contributed by atoms with van der Waals surface area (Å²) in [5.41, 5.74) is 2.25. The van der Waals surface area contributed by atoms with Crippen molar-refractivity contribution >= 4 is 6.03 Å². The summed E-state index contributed by atoms with van der Waals surface area (Å²) < 4.78 is 0. The van der Waals surface area contributed by atoms with E-state index in [0.717, 1.165) is 57.4 Å². The smallest absolute Gasteiger partial charge is 0.317 e. The summed E-state index contributed by atoms with van der Waals surface area (Å²) in [6.45, 7) is 3.44. The maximum absolute atomic E-state index is 13.0. The van der Waals surface area contributed by atoms with Crippen LogP contribution in [0, 0.1) is 11.8 Å². The third-order valence-corrected chi connectivity index (χ3v) is 7.26. The Morgan fingerprint density at radius 1 is 1.12 bits per heavy atom. The van der Waals surface area contributed by atoms with Crippen LogP contribution >= 0.6 is 0 Å². The number of aliphatic hydroxyl groups is 1. The van der Waals surface area contributed by atoms with E-state index in [2.05, 4.69) is 51.2 Å². The lowest BCUT2D eigenvalue weighted by Gasteiger charge is -2.57. The molecule has 0 radical (unpaired) electrons. The molecule has 2 N–H and O–H groups in total. The molecule has 1 aliphatic carbocycles. The molecule has 0 bridgehead atoms. The second-order valence-corrected chi connectivity index (χ2v) is 9.83. The summed E-state index contributed by atoms with van der Waals surface area (Å²) >= 11 is 0. The van der Waals surface area contributed by atoms with Gasteiger partial charge in [0.2, 0.25) is 0 Å². The van der Waals surface area contributed by atoms with E-state index in [-0.39, 0.29) is 30.6 Å². The number of rotatable bonds is 4. The predicted octanol–water partition coefficient (Wildman–Crippen LogP) is 2.48. The average molecular weight is 439 g/mol. The molecule has 0 spiro atoms. The van der Waals surface area contributed by atoms with E-state index in [1.54, 1.807) is 0 Å². The Kier molecular flexibility index (Phi) is 7.72. The van der Waals surface area contributed by atoms with E-state index in [0.29, 0.717) is 6.04 Å². The van der Waals surface area contributed by atoms with Crippen molar-refractivity contribution in [2.75, 3.05) is 46.9 Å². The van der Waals surface area contributed by atoms with Crippen LogP contribution in [0.2, 0.25) is 0 Å². The van der Waals surface area contributed by atoms with Gasteiger partial charge < -0.3 is 15.3 Å². The molecule has 0 aromatic heterocycles. The second kappa shape index (κ2) is 10.7. The van der Waals surface area contributed by atoms with Gasteiger partial charge in [-0.25, -0.2) is 4.79 Å². The molecular weight excluding hydrogens is 400 g/mol. The molecule has 1 saturated carbocycles. The van der Waals surface area contributed by atoms with Crippen molar-refractivity contribution in [3.63, 3.8) is 0 Å². The van der Waals surface area contributed by atoms with Crippen LogP contribution in [0.3, 0.4) is 0 Å². The van der Waals surface area contributed by atoms with Crippen molar-refractivity contribution < 1.29 is 9.90 Å². The van der Waals surface area contributed by atoms with Crippen molar-refractivity contribution in [3.05, 3.63) is 35.4 Å². The van der Waals surface area contributed by atoms with Crippen molar-refractivity contribution in [2.45, 2.75) is 62.6 Å². The zero-order valence-electron chi connectivity index (χ0n) is 19.6. The molecule has 4 rings (SSSR count). The third kappa shape index (κ3) is 5.28. The lowest BCUT2D eigenvalue weighted by molar-refractivity contribution is -0.0591. The normalized spacial score (nSPS) is 26.5. The molecular formula is C26H38N4O2. The number of amides is 2. The van der Waals surface area contributed by atoms with Gasteiger partial charge in [0.05, 0.1) is 13.2 Å². The Morgan fingerprint density at radius 2 is 1.84 bits per heavy atom. The number of fused-ring (bicyclic) bond motifs is 1. The van der Waals surface area contributed by atoms with E-state index >= 15 is 0 Å². The predicted molar refractivity (Wildman–Crippen MR) is 128 cm³/mol. The van der Waals surface area contributed by atoms with Crippen molar-refractivity contribution in [1.29, 1.82) is 0 Å². The molecule has 2 heterocycles. The first kappa shape index (κ1) is 23.1. The first-order chi connectivity index (χ1) is 15.6. The molecule has 32 heavy (non-hydrogen) atoms. The van der Waals surface area contributed by atoms with Crippen LogP contribution in [0.5, 0.6) is 0 Å². The lowest BCUT2D eigenvalue weighted by atomic mass is 9.74. The van der Waals surface area contributed by atoms with Gasteiger partial charge >= 0.3 is 6.03 Å². The Morgan fingerprint density at radius 3 is 2.53 bits per heavy atom. The number of carbonyl (C=O) groups is 1. The minimum atomic E-state index is 0.0939. The van der Waals surface area contributed by atoms with Crippen LogP contribution in [-0.2, 0) is 0 Å². The van der Waals surface area contributed by atoms with Crippen molar-refractivity contribution in [1.82, 2.24) is 20.0 Å². The highest BCUT2D eigenvalue weighted by Gasteiger charge is 2.49. The largest absolute Gasteiger partial charge is 0.395 e. The van der Waals surface area contributed by atoms with Crippen LogP contribution in [0.1, 0.15) is 55.6 Å². The number of hydrogen-bond donors (Lipinski definition) is 2. The molecule has 3 aliphatic rings. The van der Waals surface area contributed by atoms with Crippen LogP contribution in [0.15, 0.2) is 24.3 Å². The number of urea groups is 1. The minimum absolute atomic E-state index is 0.0939. The number of carbonyl (C=O) groups excluding carboxylic acids is 1. The van der Waals surface area contributed by atoms with Crippen molar-refractivity contribution in [2.24, 2.45) is 0 Å². The second-order valence-electron chi connectivity index (χ2n) is 9.83. The van der Waals surface area contributed by atoms with Gasteiger partial charge in [-0.2, -0.15) is 0 Å². The Bertz CT molecular complexity index is 822. The van der Waals surface area contributed by atoms with E-state index in [4.69, 9.17) is 0 Å².